The highest BCUT2D eigenvalue weighted by molar-refractivity contribution is 6.36. The van der Waals surface area contributed by atoms with Crippen molar-refractivity contribution in [3.05, 3.63) is 125 Å². The largest absolute Gasteiger partial charge is 0.457 e. The molecule has 210 valence electrons. The minimum Gasteiger partial charge on any atom is -0.457 e. The first-order valence-electron chi connectivity index (χ1n) is 13.8. The molecule has 0 unspecified atom stereocenters. The molecule has 3 aliphatic carbocycles. The topological polar surface area (TPSA) is 75.7 Å². The molecule has 8 rings (SSSR count). The highest BCUT2D eigenvalue weighted by atomic mass is 35.5. The number of hydrogen-bond donors (Lipinski definition) is 1. The van der Waals surface area contributed by atoms with Gasteiger partial charge in [-0.1, -0.05) is 60.7 Å². The molecule has 42 heavy (non-hydrogen) atoms. The smallest absolute Gasteiger partial charge is 0.235 e. The maximum atomic E-state index is 13.9. The molecule has 0 spiro atoms. The molecular weight excluding hydrogens is 571 g/mol. The van der Waals surface area contributed by atoms with Gasteiger partial charge in [-0.15, -0.1) is 23.2 Å². The zero-order chi connectivity index (χ0) is 29.2. The fourth-order valence-electron chi connectivity index (χ4n) is 6.80. The van der Waals surface area contributed by atoms with E-state index in [1.807, 2.05) is 79.7 Å². The SMILES string of the molecule is Cc1cccc(Oc2ccc(NC(=O)CCN3C(=O)[C@@H]4[C@@H](C3=O)C3(Cl)c5ccccc5C4(Cl)c4ccccc43)cc2)c1. The fourth-order valence-corrected chi connectivity index (χ4v) is 7.90. The fraction of sp³-hybridized carbons (Fsp3) is 0.206. The summed E-state index contributed by atoms with van der Waals surface area (Å²) >= 11 is 14.9. The predicted octanol–water partition coefficient (Wildman–Crippen LogP) is 6.71. The normalized spacial score (nSPS) is 25.1. The van der Waals surface area contributed by atoms with Crippen molar-refractivity contribution in [1.29, 1.82) is 0 Å². The summed E-state index contributed by atoms with van der Waals surface area (Å²) in [7, 11) is 0. The van der Waals surface area contributed by atoms with E-state index in [1.165, 1.54) is 4.90 Å². The van der Waals surface area contributed by atoms with E-state index in [2.05, 4.69) is 5.32 Å². The number of rotatable bonds is 6. The van der Waals surface area contributed by atoms with Gasteiger partial charge in [-0.2, -0.15) is 0 Å². The lowest BCUT2D eigenvalue weighted by atomic mass is 9.54. The van der Waals surface area contributed by atoms with Crippen molar-refractivity contribution in [3.63, 3.8) is 0 Å². The van der Waals surface area contributed by atoms with Gasteiger partial charge in [-0.05, 0) is 71.1 Å². The van der Waals surface area contributed by atoms with Crippen LogP contribution in [0.5, 0.6) is 11.5 Å². The van der Waals surface area contributed by atoms with Crippen LogP contribution in [-0.4, -0.2) is 29.2 Å². The summed E-state index contributed by atoms with van der Waals surface area (Å²) in [5.41, 5.74) is 4.66. The van der Waals surface area contributed by atoms with Gasteiger partial charge in [-0.25, -0.2) is 0 Å². The number of ether oxygens (including phenoxy) is 1. The Hall–Kier alpha value is -4.13. The summed E-state index contributed by atoms with van der Waals surface area (Å²) in [6.45, 7) is 1.92. The van der Waals surface area contributed by atoms with Gasteiger partial charge in [0.1, 0.15) is 21.2 Å². The lowest BCUT2D eigenvalue weighted by molar-refractivity contribution is -0.140. The third-order valence-corrected chi connectivity index (χ3v) is 9.89. The second kappa shape index (κ2) is 9.72. The van der Waals surface area contributed by atoms with Crippen LogP contribution in [0.3, 0.4) is 0 Å². The highest BCUT2D eigenvalue weighted by Crippen LogP contribution is 2.69. The Morgan fingerprint density at radius 1 is 0.762 bits per heavy atom. The van der Waals surface area contributed by atoms with Crippen LogP contribution >= 0.6 is 23.2 Å². The molecule has 4 aromatic carbocycles. The standard InChI is InChI=1S/C34H26Cl2N2O4/c1-20-7-6-8-23(19-20)42-22-15-13-21(14-16-22)37-28(39)17-18-38-31(40)29-30(32(38)41)34(36)25-10-3-2-9-24(25)33(29,35)26-11-4-5-12-27(26)34/h2-16,19,29-30H,17-18H2,1H3,(H,37,39)/t29-,30-,33?,34?/m0/s1. The number of anilines is 1. The Balaban J connectivity index is 1.08. The molecule has 0 radical (unpaired) electrons. The first-order chi connectivity index (χ1) is 20.2. The number of benzene rings is 4. The molecule has 1 heterocycles. The molecule has 1 fully saturated rings. The Kier molecular flexibility index (Phi) is 6.19. The molecule has 0 saturated carbocycles. The molecule has 1 aliphatic heterocycles. The molecular formula is C34H26Cl2N2O4. The summed E-state index contributed by atoms with van der Waals surface area (Å²) in [4.78, 5) is 39.4. The lowest BCUT2D eigenvalue weighted by Crippen LogP contribution is -2.57. The molecule has 8 heteroatoms. The van der Waals surface area contributed by atoms with Crippen LogP contribution in [-0.2, 0) is 24.1 Å². The number of halogens is 2. The third kappa shape index (κ3) is 3.82. The average Bonchev–Trinajstić information content (AvgIpc) is 3.26. The van der Waals surface area contributed by atoms with Crippen molar-refractivity contribution in [2.24, 2.45) is 11.8 Å². The molecule has 3 amide bonds. The van der Waals surface area contributed by atoms with Gasteiger partial charge in [0.15, 0.2) is 0 Å². The monoisotopic (exact) mass is 596 g/mol. The zero-order valence-electron chi connectivity index (χ0n) is 22.6. The second-order valence-electron chi connectivity index (χ2n) is 11.0. The molecule has 0 aromatic heterocycles. The van der Waals surface area contributed by atoms with Gasteiger partial charge in [0.2, 0.25) is 17.7 Å². The molecule has 4 aromatic rings. The Morgan fingerprint density at radius 3 is 1.79 bits per heavy atom. The van der Waals surface area contributed by atoms with Crippen LogP contribution in [0.2, 0.25) is 0 Å². The molecule has 4 aliphatic rings. The van der Waals surface area contributed by atoms with Crippen LogP contribution in [0.1, 0.15) is 34.2 Å². The number of alkyl halides is 2. The van der Waals surface area contributed by atoms with Crippen LogP contribution in [0, 0.1) is 18.8 Å². The Bertz CT molecular complexity index is 1650. The van der Waals surface area contributed by atoms with Crippen LogP contribution in [0.4, 0.5) is 5.69 Å². The second-order valence-corrected chi connectivity index (χ2v) is 12.2. The van der Waals surface area contributed by atoms with Gasteiger partial charge in [0.05, 0.1) is 11.8 Å². The molecule has 2 atom stereocenters. The third-order valence-electron chi connectivity index (χ3n) is 8.60. The number of aryl methyl sites for hydroxylation is 1. The number of likely N-dealkylation sites (tertiary alicyclic amines) is 1. The number of hydrogen-bond acceptors (Lipinski definition) is 4. The minimum atomic E-state index is -1.24. The van der Waals surface area contributed by atoms with E-state index in [9.17, 15) is 14.4 Å². The van der Waals surface area contributed by atoms with Gasteiger partial charge in [0, 0.05) is 18.7 Å². The predicted molar refractivity (Wildman–Crippen MR) is 161 cm³/mol. The van der Waals surface area contributed by atoms with Gasteiger partial charge in [-0.3, -0.25) is 19.3 Å². The first kappa shape index (κ1) is 26.7. The quantitative estimate of drug-likeness (QED) is 0.198. The van der Waals surface area contributed by atoms with Gasteiger partial charge in [0.25, 0.3) is 0 Å². The number of imide groups is 1. The van der Waals surface area contributed by atoms with Gasteiger partial charge < -0.3 is 10.1 Å². The average molecular weight is 597 g/mol. The van der Waals surface area contributed by atoms with Gasteiger partial charge >= 0.3 is 0 Å². The van der Waals surface area contributed by atoms with E-state index in [4.69, 9.17) is 27.9 Å². The Labute approximate surface area is 253 Å². The summed E-state index contributed by atoms with van der Waals surface area (Å²) < 4.78 is 5.87. The van der Waals surface area contributed by atoms with Crippen molar-refractivity contribution < 1.29 is 19.1 Å². The van der Waals surface area contributed by atoms with Crippen molar-refractivity contribution in [2.45, 2.75) is 23.1 Å². The summed E-state index contributed by atoms with van der Waals surface area (Å²) in [5.74, 6) is -1.52. The van der Waals surface area contributed by atoms with Crippen LogP contribution < -0.4 is 10.1 Å². The van der Waals surface area contributed by atoms with E-state index in [0.717, 1.165) is 33.6 Å². The Morgan fingerprint density at radius 2 is 1.29 bits per heavy atom. The van der Waals surface area contributed by atoms with E-state index in [1.54, 1.807) is 24.3 Å². The summed E-state index contributed by atoms with van der Waals surface area (Å²) in [6.07, 6.45) is -0.0665. The number of nitrogens with one attached hydrogen (secondary N) is 1. The summed E-state index contributed by atoms with van der Waals surface area (Å²) in [5, 5.41) is 2.84. The number of carbonyl (C=O) groups is 3. The zero-order valence-corrected chi connectivity index (χ0v) is 24.2. The van der Waals surface area contributed by atoms with Crippen molar-refractivity contribution in [3.8, 4) is 11.5 Å². The molecule has 1 N–H and O–H groups in total. The van der Waals surface area contributed by atoms with Crippen molar-refractivity contribution in [1.82, 2.24) is 4.90 Å². The summed E-state index contributed by atoms with van der Waals surface area (Å²) in [6, 6.07) is 29.8. The number of nitrogens with zero attached hydrogens (tertiary/aromatic N) is 1. The molecule has 1 saturated heterocycles. The van der Waals surface area contributed by atoms with Crippen molar-refractivity contribution >= 4 is 46.6 Å². The minimum absolute atomic E-state index is 0.0665. The molecule has 2 bridgehead atoms. The maximum absolute atomic E-state index is 13.9. The maximum Gasteiger partial charge on any atom is 0.235 e. The van der Waals surface area contributed by atoms with E-state index in [0.29, 0.717) is 11.4 Å². The molecule has 6 nitrogen and oxygen atoms in total. The number of carbonyl (C=O) groups excluding carboxylic acids is 3. The van der Waals surface area contributed by atoms with Crippen LogP contribution in [0.15, 0.2) is 97.1 Å². The van der Waals surface area contributed by atoms with E-state index >= 15 is 0 Å². The highest BCUT2D eigenvalue weighted by Gasteiger charge is 2.72. The number of amides is 3. The lowest BCUT2D eigenvalue weighted by Gasteiger charge is -2.54. The van der Waals surface area contributed by atoms with E-state index in [-0.39, 0.29) is 18.9 Å². The first-order valence-corrected chi connectivity index (χ1v) is 14.6. The van der Waals surface area contributed by atoms with E-state index < -0.39 is 33.4 Å². The van der Waals surface area contributed by atoms with Crippen molar-refractivity contribution in [2.75, 3.05) is 11.9 Å². The van der Waals surface area contributed by atoms with Crippen LogP contribution in [0.25, 0.3) is 0 Å².